The number of carbonyl (C=O) groups excluding carboxylic acids is 1. The first-order chi connectivity index (χ1) is 12.1. The maximum Gasteiger partial charge on any atom is 0.252 e. The van der Waals surface area contributed by atoms with E-state index in [0.717, 1.165) is 24.8 Å². The molecule has 1 heterocycles. The fraction of sp³-hybridized carbons (Fsp3) is 0.632. The van der Waals surface area contributed by atoms with Crippen molar-refractivity contribution < 1.29 is 4.79 Å². The third-order valence-corrected chi connectivity index (χ3v) is 3.85. The molecule has 0 spiro atoms. The minimum absolute atomic E-state index is 0.112. The maximum atomic E-state index is 11.9. The highest BCUT2D eigenvalue weighted by atomic mass is 16.1. The van der Waals surface area contributed by atoms with Gasteiger partial charge in [0, 0.05) is 39.1 Å². The van der Waals surface area contributed by atoms with E-state index in [2.05, 4.69) is 39.8 Å². The number of carbonyl (C=O) groups is 1. The molecule has 0 aliphatic heterocycles. The quantitative estimate of drug-likeness (QED) is 0.327. The average Bonchev–Trinajstić information content (AvgIpc) is 2.62. The van der Waals surface area contributed by atoms with Crippen molar-refractivity contribution in [3.63, 3.8) is 0 Å². The van der Waals surface area contributed by atoms with E-state index in [1.807, 2.05) is 0 Å². The number of pyridine rings is 1. The number of amides is 1. The summed E-state index contributed by atoms with van der Waals surface area (Å²) in [5.41, 5.74) is 0.572. The summed E-state index contributed by atoms with van der Waals surface area (Å²) in [6.07, 6.45) is 9.55. The van der Waals surface area contributed by atoms with Crippen molar-refractivity contribution in [2.24, 2.45) is 10.9 Å². The van der Waals surface area contributed by atoms with Gasteiger partial charge < -0.3 is 16.0 Å². The van der Waals surface area contributed by atoms with Crippen molar-refractivity contribution in [2.45, 2.75) is 46.0 Å². The maximum absolute atomic E-state index is 11.9. The second-order valence-corrected chi connectivity index (χ2v) is 6.52. The van der Waals surface area contributed by atoms with Crippen LogP contribution in [0.1, 0.15) is 56.3 Å². The van der Waals surface area contributed by atoms with Gasteiger partial charge in [-0.05, 0) is 24.5 Å². The Labute approximate surface area is 151 Å². The summed E-state index contributed by atoms with van der Waals surface area (Å²) in [6, 6.07) is 3.50. The summed E-state index contributed by atoms with van der Waals surface area (Å²) in [5.74, 6) is 1.47. The van der Waals surface area contributed by atoms with Crippen molar-refractivity contribution in [1.29, 1.82) is 0 Å². The van der Waals surface area contributed by atoms with E-state index in [1.165, 1.54) is 25.7 Å². The molecule has 0 bridgehead atoms. The van der Waals surface area contributed by atoms with Gasteiger partial charge in [0.15, 0.2) is 5.96 Å². The highest BCUT2D eigenvalue weighted by Gasteiger charge is 2.04. The van der Waals surface area contributed by atoms with Gasteiger partial charge >= 0.3 is 0 Å². The molecule has 3 N–H and O–H groups in total. The molecule has 1 aromatic rings. The topological polar surface area (TPSA) is 78.4 Å². The van der Waals surface area contributed by atoms with E-state index in [0.29, 0.717) is 18.7 Å². The molecule has 25 heavy (non-hydrogen) atoms. The lowest BCUT2D eigenvalue weighted by atomic mass is 10.0. The van der Waals surface area contributed by atoms with Crippen molar-refractivity contribution in [3.05, 3.63) is 30.1 Å². The van der Waals surface area contributed by atoms with E-state index >= 15 is 0 Å². The molecule has 0 radical (unpaired) electrons. The molecular formula is C19H33N5O. The highest BCUT2D eigenvalue weighted by Crippen LogP contribution is 2.08. The lowest BCUT2D eigenvalue weighted by molar-refractivity contribution is 0.0954. The number of aliphatic imine (C=N–C) groups is 1. The van der Waals surface area contributed by atoms with E-state index in [1.54, 1.807) is 31.6 Å². The predicted octanol–water partition coefficient (Wildman–Crippen LogP) is 2.58. The zero-order chi connectivity index (χ0) is 18.3. The van der Waals surface area contributed by atoms with Crippen LogP contribution < -0.4 is 16.0 Å². The zero-order valence-corrected chi connectivity index (χ0v) is 15.8. The summed E-state index contributed by atoms with van der Waals surface area (Å²) in [5, 5.41) is 9.36. The van der Waals surface area contributed by atoms with Crippen molar-refractivity contribution in [1.82, 2.24) is 20.9 Å². The van der Waals surface area contributed by atoms with Crippen LogP contribution in [0, 0.1) is 5.92 Å². The monoisotopic (exact) mass is 347 g/mol. The Hall–Kier alpha value is -2.11. The molecule has 0 saturated heterocycles. The summed E-state index contributed by atoms with van der Waals surface area (Å²) in [6.45, 7) is 6.62. The minimum atomic E-state index is -0.112. The van der Waals surface area contributed by atoms with Crippen molar-refractivity contribution >= 4 is 11.9 Å². The average molecular weight is 348 g/mol. The molecule has 1 amide bonds. The molecular weight excluding hydrogens is 314 g/mol. The number of hydrogen-bond acceptors (Lipinski definition) is 3. The predicted molar refractivity (Wildman–Crippen MR) is 104 cm³/mol. The van der Waals surface area contributed by atoms with Gasteiger partial charge in [-0.15, -0.1) is 0 Å². The number of guanidine groups is 1. The Morgan fingerprint density at radius 1 is 1.08 bits per heavy atom. The molecule has 6 nitrogen and oxygen atoms in total. The van der Waals surface area contributed by atoms with Gasteiger partial charge in [0.25, 0.3) is 5.91 Å². The molecule has 0 atom stereocenters. The molecule has 0 aliphatic carbocycles. The van der Waals surface area contributed by atoms with E-state index < -0.39 is 0 Å². The summed E-state index contributed by atoms with van der Waals surface area (Å²) < 4.78 is 0. The molecule has 0 aliphatic rings. The lowest BCUT2D eigenvalue weighted by Crippen LogP contribution is -2.41. The second-order valence-electron chi connectivity index (χ2n) is 6.52. The smallest absolute Gasteiger partial charge is 0.252 e. The summed E-state index contributed by atoms with van der Waals surface area (Å²) in [4.78, 5) is 20.0. The SMILES string of the molecule is CN=C(NCCCCCCC(C)C)NCCNC(=O)c1cccnc1. The standard InChI is InChI=1S/C19H33N5O/c1-16(2)9-6-4-5-7-12-23-19(20-3)24-14-13-22-18(25)17-10-8-11-21-15-17/h8,10-11,15-16H,4-7,9,12-14H2,1-3H3,(H,22,25)(H2,20,23,24). The molecule has 140 valence electrons. The van der Waals surface area contributed by atoms with Gasteiger partial charge in [-0.3, -0.25) is 14.8 Å². The van der Waals surface area contributed by atoms with Gasteiger partial charge in [-0.25, -0.2) is 0 Å². The normalized spacial score (nSPS) is 11.4. The first kappa shape index (κ1) is 20.9. The number of unbranched alkanes of at least 4 members (excludes halogenated alkanes) is 3. The first-order valence-corrected chi connectivity index (χ1v) is 9.26. The number of nitrogens with zero attached hydrogens (tertiary/aromatic N) is 2. The zero-order valence-electron chi connectivity index (χ0n) is 15.8. The van der Waals surface area contributed by atoms with Crippen molar-refractivity contribution in [3.8, 4) is 0 Å². The minimum Gasteiger partial charge on any atom is -0.356 e. The molecule has 1 aromatic heterocycles. The Bertz CT molecular complexity index is 502. The third-order valence-electron chi connectivity index (χ3n) is 3.85. The van der Waals surface area contributed by atoms with Crippen LogP contribution in [0.25, 0.3) is 0 Å². The van der Waals surface area contributed by atoms with Crippen LogP contribution in [0.3, 0.4) is 0 Å². The van der Waals surface area contributed by atoms with Gasteiger partial charge in [-0.1, -0.05) is 39.5 Å². The summed E-state index contributed by atoms with van der Waals surface area (Å²) >= 11 is 0. The van der Waals surface area contributed by atoms with E-state index in [9.17, 15) is 4.79 Å². The number of hydrogen-bond donors (Lipinski definition) is 3. The Balaban J connectivity index is 2.05. The second kappa shape index (κ2) is 13.2. The van der Waals surface area contributed by atoms with E-state index in [4.69, 9.17) is 0 Å². The van der Waals surface area contributed by atoms with Crippen LogP contribution in [0.5, 0.6) is 0 Å². The third kappa shape index (κ3) is 10.4. The number of aromatic nitrogens is 1. The largest absolute Gasteiger partial charge is 0.356 e. The van der Waals surface area contributed by atoms with Crippen LogP contribution in [-0.4, -0.2) is 43.5 Å². The molecule has 0 unspecified atom stereocenters. The van der Waals surface area contributed by atoms with Crippen LogP contribution in [0.2, 0.25) is 0 Å². The number of nitrogens with one attached hydrogen (secondary N) is 3. The molecule has 1 rings (SSSR count). The van der Waals surface area contributed by atoms with Crippen LogP contribution >= 0.6 is 0 Å². The van der Waals surface area contributed by atoms with Gasteiger partial charge in [0.1, 0.15) is 0 Å². The van der Waals surface area contributed by atoms with Crippen molar-refractivity contribution in [2.75, 3.05) is 26.7 Å². The van der Waals surface area contributed by atoms with E-state index in [-0.39, 0.29) is 5.91 Å². The molecule has 6 heteroatoms. The Morgan fingerprint density at radius 2 is 1.80 bits per heavy atom. The highest BCUT2D eigenvalue weighted by molar-refractivity contribution is 5.93. The van der Waals surface area contributed by atoms with Crippen LogP contribution in [0.15, 0.2) is 29.5 Å². The summed E-state index contributed by atoms with van der Waals surface area (Å²) in [7, 11) is 1.76. The fourth-order valence-corrected chi connectivity index (χ4v) is 2.41. The fourth-order valence-electron chi connectivity index (χ4n) is 2.41. The lowest BCUT2D eigenvalue weighted by Gasteiger charge is -2.12. The van der Waals surface area contributed by atoms with Gasteiger partial charge in [-0.2, -0.15) is 0 Å². The van der Waals surface area contributed by atoms with Gasteiger partial charge in [0.05, 0.1) is 5.56 Å². The Morgan fingerprint density at radius 3 is 2.48 bits per heavy atom. The van der Waals surface area contributed by atoms with Crippen LogP contribution in [-0.2, 0) is 0 Å². The van der Waals surface area contributed by atoms with Gasteiger partial charge in [0.2, 0.25) is 0 Å². The Kier molecular flexibility index (Phi) is 11.1. The molecule has 0 aromatic carbocycles. The first-order valence-electron chi connectivity index (χ1n) is 9.26. The number of rotatable bonds is 11. The van der Waals surface area contributed by atoms with Crippen LogP contribution in [0.4, 0.5) is 0 Å². The molecule has 0 fully saturated rings. The molecule has 0 saturated carbocycles.